The van der Waals surface area contributed by atoms with Crippen LogP contribution < -0.4 is 5.32 Å². The van der Waals surface area contributed by atoms with Crippen LogP contribution in [-0.2, 0) is 11.2 Å². The first-order chi connectivity index (χ1) is 9.56. The summed E-state index contributed by atoms with van der Waals surface area (Å²) in [5.41, 5.74) is 0. The second-order valence-electron chi connectivity index (χ2n) is 4.85. The molecule has 2 aromatic rings. The highest BCUT2D eigenvalue weighted by atomic mass is 32.1. The first-order valence-electron chi connectivity index (χ1n) is 6.57. The maximum absolute atomic E-state index is 11.8. The minimum absolute atomic E-state index is 0.0444. The average molecular weight is 294 g/mol. The first-order valence-corrected chi connectivity index (χ1v) is 7.45. The van der Waals surface area contributed by atoms with E-state index in [0.29, 0.717) is 24.6 Å². The molecule has 6 nitrogen and oxygen atoms in total. The van der Waals surface area contributed by atoms with Gasteiger partial charge in [-0.1, -0.05) is 13.8 Å². The van der Waals surface area contributed by atoms with Crippen molar-refractivity contribution < 1.29 is 9.21 Å². The molecule has 0 saturated heterocycles. The van der Waals surface area contributed by atoms with Gasteiger partial charge in [0, 0.05) is 30.3 Å². The van der Waals surface area contributed by atoms with Crippen molar-refractivity contribution in [2.75, 3.05) is 0 Å². The van der Waals surface area contributed by atoms with Crippen LogP contribution in [0.15, 0.2) is 16.0 Å². The number of nitrogens with one attached hydrogen (secondary N) is 1. The van der Waals surface area contributed by atoms with Crippen molar-refractivity contribution in [3.05, 3.63) is 28.4 Å². The molecule has 1 amide bonds. The van der Waals surface area contributed by atoms with Crippen molar-refractivity contribution in [3.8, 4) is 0 Å². The molecule has 108 valence electrons. The predicted molar refractivity (Wildman–Crippen MR) is 75.4 cm³/mol. The number of aromatic nitrogens is 3. The van der Waals surface area contributed by atoms with Crippen molar-refractivity contribution in [1.82, 2.24) is 20.5 Å². The summed E-state index contributed by atoms with van der Waals surface area (Å²) in [5, 5.41) is 13.6. The predicted octanol–water partition coefficient (Wildman–Crippen LogP) is 2.46. The fourth-order valence-corrected chi connectivity index (χ4v) is 2.29. The summed E-state index contributed by atoms with van der Waals surface area (Å²) in [5.74, 6) is 1.27. The van der Waals surface area contributed by atoms with Gasteiger partial charge < -0.3 is 9.73 Å². The molecule has 0 unspecified atom stereocenters. The number of aryl methyl sites for hydroxylation is 1. The van der Waals surface area contributed by atoms with E-state index < -0.39 is 0 Å². The summed E-state index contributed by atoms with van der Waals surface area (Å²) in [6.45, 7) is 5.89. The number of hydrogen-bond donors (Lipinski definition) is 1. The molecule has 2 heterocycles. The zero-order valence-corrected chi connectivity index (χ0v) is 12.6. The van der Waals surface area contributed by atoms with E-state index in [2.05, 4.69) is 20.5 Å². The third-order valence-electron chi connectivity index (χ3n) is 2.74. The summed E-state index contributed by atoms with van der Waals surface area (Å²) in [6.07, 6.45) is 2.51. The minimum Gasteiger partial charge on any atom is -0.425 e. The van der Waals surface area contributed by atoms with E-state index in [0.717, 1.165) is 5.01 Å². The lowest BCUT2D eigenvalue weighted by atomic mass is 10.2. The third kappa shape index (κ3) is 3.86. The lowest BCUT2D eigenvalue weighted by Crippen LogP contribution is -2.26. The second kappa shape index (κ2) is 6.60. The normalized spacial score (nSPS) is 12.6. The Morgan fingerprint density at radius 2 is 2.20 bits per heavy atom. The molecule has 0 spiro atoms. The molecule has 2 rings (SSSR count). The fraction of sp³-hybridized carbons (Fsp3) is 0.538. The zero-order chi connectivity index (χ0) is 14.5. The van der Waals surface area contributed by atoms with Crippen molar-refractivity contribution >= 4 is 17.2 Å². The Morgan fingerprint density at radius 3 is 2.80 bits per heavy atom. The van der Waals surface area contributed by atoms with E-state index in [1.54, 1.807) is 6.20 Å². The Bertz CT molecular complexity index is 550. The Kier molecular flexibility index (Phi) is 4.84. The van der Waals surface area contributed by atoms with Crippen LogP contribution in [0.2, 0.25) is 0 Å². The smallest absolute Gasteiger partial charge is 0.221 e. The number of carbonyl (C=O) groups excluding carboxylic acids is 1. The topological polar surface area (TPSA) is 80.9 Å². The monoisotopic (exact) mass is 294 g/mol. The molecule has 0 fully saturated rings. The van der Waals surface area contributed by atoms with Gasteiger partial charge in [0.05, 0.1) is 6.04 Å². The molecule has 20 heavy (non-hydrogen) atoms. The van der Waals surface area contributed by atoms with Crippen molar-refractivity contribution in [2.45, 2.75) is 45.6 Å². The molecule has 0 aliphatic carbocycles. The van der Waals surface area contributed by atoms with Gasteiger partial charge in [-0.15, -0.1) is 21.5 Å². The van der Waals surface area contributed by atoms with Crippen LogP contribution in [-0.4, -0.2) is 21.1 Å². The number of hydrogen-bond acceptors (Lipinski definition) is 6. The standard InChI is InChI=1S/C13H18N4O2S/c1-8(2)12-17-16-11(19-12)5-4-10(18)15-9(3)13-14-6-7-20-13/h6-9H,4-5H2,1-3H3,(H,15,18)/t9-/m0/s1. The van der Waals surface area contributed by atoms with Gasteiger partial charge in [0.25, 0.3) is 0 Å². The highest BCUT2D eigenvalue weighted by molar-refractivity contribution is 7.09. The van der Waals surface area contributed by atoms with E-state index in [9.17, 15) is 4.79 Å². The van der Waals surface area contributed by atoms with Crippen LogP contribution in [0, 0.1) is 0 Å². The molecule has 1 N–H and O–H groups in total. The van der Waals surface area contributed by atoms with Gasteiger partial charge >= 0.3 is 0 Å². The van der Waals surface area contributed by atoms with Crippen LogP contribution in [0.25, 0.3) is 0 Å². The molecule has 7 heteroatoms. The van der Waals surface area contributed by atoms with Crippen LogP contribution in [0.5, 0.6) is 0 Å². The molecular formula is C13H18N4O2S. The SMILES string of the molecule is CC(C)c1nnc(CCC(=O)N[C@@H](C)c2nccs2)o1. The van der Waals surface area contributed by atoms with E-state index in [1.807, 2.05) is 26.2 Å². The summed E-state index contributed by atoms with van der Waals surface area (Å²) in [4.78, 5) is 16.0. The molecule has 1 atom stereocenters. The van der Waals surface area contributed by atoms with Crippen LogP contribution in [0.3, 0.4) is 0 Å². The Balaban J connectivity index is 1.80. The van der Waals surface area contributed by atoms with Gasteiger partial charge in [-0.25, -0.2) is 4.98 Å². The maximum atomic E-state index is 11.8. The Morgan fingerprint density at radius 1 is 1.40 bits per heavy atom. The van der Waals surface area contributed by atoms with E-state index >= 15 is 0 Å². The number of nitrogens with zero attached hydrogens (tertiary/aromatic N) is 3. The summed E-state index contributed by atoms with van der Waals surface area (Å²) in [7, 11) is 0. The van der Waals surface area contributed by atoms with Crippen LogP contribution in [0.4, 0.5) is 0 Å². The van der Waals surface area contributed by atoms with Gasteiger partial charge in [0.15, 0.2) is 0 Å². The molecule has 2 aromatic heterocycles. The largest absolute Gasteiger partial charge is 0.425 e. The van der Waals surface area contributed by atoms with Crippen molar-refractivity contribution in [3.63, 3.8) is 0 Å². The highest BCUT2D eigenvalue weighted by Crippen LogP contribution is 2.15. The number of rotatable bonds is 6. The summed E-state index contributed by atoms with van der Waals surface area (Å²) in [6, 6.07) is -0.0728. The molecule has 0 aliphatic rings. The van der Waals surface area contributed by atoms with E-state index in [-0.39, 0.29) is 17.9 Å². The van der Waals surface area contributed by atoms with Crippen molar-refractivity contribution in [1.29, 1.82) is 0 Å². The lowest BCUT2D eigenvalue weighted by molar-refractivity contribution is -0.121. The van der Waals surface area contributed by atoms with E-state index in [1.165, 1.54) is 11.3 Å². The Hall–Kier alpha value is -1.76. The lowest BCUT2D eigenvalue weighted by Gasteiger charge is -2.10. The summed E-state index contributed by atoms with van der Waals surface area (Å²) >= 11 is 1.53. The fourth-order valence-electron chi connectivity index (χ4n) is 1.65. The van der Waals surface area contributed by atoms with E-state index in [4.69, 9.17) is 4.42 Å². The number of amides is 1. The van der Waals surface area contributed by atoms with Gasteiger partial charge in [-0.2, -0.15) is 0 Å². The number of carbonyl (C=O) groups is 1. The molecule has 0 bridgehead atoms. The quantitative estimate of drug-likeness (QED) is 0.885. The van der Waals surface area contributed by atoms with Crippen molar-refractivity contribution in [2.24, 2.45) is 0 Å². The van der Waals surface area contributed by atoms with Gasteiger partial charge in [0.2, 0.25) is 17.7 Å². The Labute approximate surface area is 121 Å². The average Bonchev–Trinajstić information content (AvgIpc) is 3.07. The third-order valence-corrected chi connectivity index (χ3v) is 3.70. The number of thiazole rings is 1. The van der Waals surface area contributed by atoms with Crippen LogP contribution in [0.1, 0.15) is 55.9 Å². The molecular weight excluding hydrogens is 276 g/mol. The van der Waals surface area contributed by atoms with Gasteiger partial charge in [-0.3, -0.25) is 4.79 Å². The first kappa shape index (κ1) is 14.6. The maximum Gasteiger partial charge on any atom is 0.221 e. The second-order valence-corrected chi connectivity index (χ2v) is 5.77. The van der Waals surface area contributed by atoms with Crippen LogP contribution >= 0.6 is 11.3 Å². The molecule has 0 saturated carbocycles. The zero-order valence-electron chi connectivity index (χ0n) is 11.8. The molecule has 0 aromatic carbocycles. The highest BCUT2D eigenvalue weighted by Gasteiger charge is 2.14. The molecule has 0 radical (unpaired) electrons. The minimum atomic E-state index is -0.0728. The van der Waals surface area contributed by atoms with Gasteiger partial charge in [-0.05, 0) is 6.92 Å². The summed E-state index contributed by atoms with van der Waals surface area (Å²) < 4.78 is 5.46. The molecule has 0 aliphatic heterocycles. The van der Waals surface area contributed by atoms with Gasteiger partial charge in [0.1, 0.15) is 5.01 Å².